The van der Waals surface area contributed by atoms with E-state index in [2.05, 4.69) is 4.98 Å². The maximum atomic E-state index is 14.4. The number of likely N-dealkylation sites (tertiary alicyclic amines) is 1. The summed E-state index contributed by atoms with van der Waals surface area (Å²) in [5.41, 5.74) is 1.00. The molecule has 158 valence electrons. The Morgan fingerprint density at radius 2 is 2.03 bits per heavy atom. The number of nitrogens with zero attached hydrogens (tertiary/aromatic N) is 3. The van der Waals surface area contributed by atoms with Gasteiger partial charge >= 0.3 is 6.18 Å². The molecule has 1 aromatic carbocycles. The number of alkyl halides is 3. The number of carbonyl (C=O) groups excluding carboxylic acids is 1. The fourth-order valence-corrected chi connectivity index (χ4v) is 3.56. The second kappa shape index (κ2) is 8.40. The van der Waals surface area contributed by atoms with Gasteiger partial charge in [0.1, 0.15) is 5.75 Å². The first-order valence-corrected chi connectivity index (χ1v) is 9.08. The Labute approximate surface area is 164 Å². The van der Waals surface area contributed by atoms with Crippen LogP contribution in [0.4, 0.5) is 17.6 Å². The average Bonchev–Trinajstić information content (AvgIpc) is 3.16. The molecule has 0 saturated carbocycles. The molecular formula is C19H21F4N3O3. The number of rotatable bonds is 5. The number of piperidine rings is 1. The largest absolute Gasteiger partial charge is 0.497 e. The van der Waals surface area contributed by atoms with Crippen LogP contribution in [-0.4, -0.2) is 58.4 Å². The molecule has 1 atom stereocenters. The Bertz CT molecular complexity index is 861. The first-order chi connectivity index (χ1) is 13.8. The number of hydrogen-bond acceptors (Lipinski definition) is 4. The van der Waals surface area contributed by atoms with Crippen molar-refractivity contribution in [3.63, 3.8) is 0 Å². The van der Waals surface area contributed by atoms with E-state index in [0.717, 1.165) is 10.6 Å². The predicted molar refractivity (Wildman–Crippen MR) is 95.3 cm³/mol. The van der Waals surface area contributed by atoms with Crippen LogP contribution in [0.1, 0.15) is 24.5 Å². The molecule has 0 radical (unpaired) electrons. The van der Waals surface area contributed by atoms with Crippen molar-refractivity contribution in [2.75, 3.05) is 26.8 Å². The zero-order valence-electron chi connectivity index (χ0n) is 15.7. The van der Waals surface area contributed by atoms with E-state index in [1.165, 1.54) is 19.5 Å². The van der Waals surface area contributed by atoms with Crippen molar-refractivity contribution in [1.29, 1.82) is 0 Å². The minimum absolute atomic E-state index is 0.0958. The van der Waals surface area contributed by atoms with Gasteiger partial charge in [-0.2, -0.15) is 13.2 Å². The number of amides is 1. The summed E-state index contributed by atoms with van der Waals surface area (Å²) < 4.78 is 59.7. The third-order valence-electron chi connectivity index (χ3n) is 5.18. The molecule has 10 heteroatoms. The molecule has 1 N–H and O–H groups in total. The van der Waals surface area contributed by atoms with Gasteiger partial charge in [0.15, 0.2) is 11.7 Å². The van der Waals surface area contributed by atoms with Crippen LogP contribution >= 0.6 is 0 Å². The average molecular weight is 415 g/mol. The summed E-state index contributed by atoms with van der Waals surface area (Å²) in [7, 11) is 1.44. The Morgan fingerprint density at radius 1 is 1.34 bits per heavy atom. The summed E-state index contributed by atoms with van der Waals surface area (Å²) in [6.07, 6.45) is -0.898. The molecule has 1 aliphatic heterocycles. The fourth-order valence-electron chi connectivity index (χ4n) is 3.56. The third kappa shape index (κ3) is 4.36. The lowest BCUT2D eigenvalue weighted by molar-refractivity contribution is -0.196. The Hall–Kier alpha value is -2.62. The molecule has 1 aliphatic rings. The Balaban J connectivity index is 1.73. The highest BCUT2D eigenvalue weighted by Crippen LogP contribution is 2.33. The number of methoxy groups -OCH3 is 1. The normalized spacial score (nSPS) is 16.7. The molecule has 1 aromatic heterocycles. The summed E-state index contributed by atoms with van der Waals surface area (Å²) >= 11 is 0. The van der Waals surface area contributed by atoms with Gasteiger partial charge in [-0.3, -0.25) is 4.79 Å². The number of imidazole rings is 1. The van der Waals surface area contributed by atoms with Crippen LogP contribution in [0.2, 0.25) is 0 Å². The monoisotopic (exact) mass is 415 g/mol. The lowest BCUT2D eigenvalue weighted by atomic mass is 9.92. The van der Waals surface area contributed by atoms with E-state index in [4.69, 9.17) is 9.84 Å². The molecule has 0 spiro atoms. The molecule has 1 saturated heterocycles. The number of aliphatic hydroxyl groups is 1. The summed E-state index contributed by atoms with van der Waals surface area (Å²) in [4.78, 5) is 17.3. The van der Waals surface area contributed by atoms with E-state index < -0.39 is 30.4 Å². The van der Waals surface area contributed by atoms with Crippen LogP contribution in [0.3, 0.4) is 0 Å². The molecule has 29 heavy (non-hydrogen) atoms. The molecule has 2 aromatic rings. The van der Waals surface area contributed by atoms with Crippen LogP contribution in [0.15, 0.2) is 30.7 Å². The molecule has 1 amide bonds. The van der Waals surface area contributed by atoms with Crippen LogP contribution in [0.5, 0.6) is 5.75 Å². The zero-order valence-corrected chi connectivity index (χ0v) is 15.7. The van der Waals surface area contributed by atoms with Crippen molar-refractivity contribution >= 4 is 5.91 Å². The highest BCUT2D eigenvalue weighted by Gasteiger charge is 2.46. The lowest BCUT2D eigenvalue weighted by Crippen LogP contribution is -2.47. The first-order valence-electron chi connectivity index (χ1n) is 9.08. The van der Waals surface area contributed by atoms with Crippen LogP contribution in [0.25, 0.3) is 5.69 Å². The molecule has 3 rings (SSSR count). The molecule has 0 bridgehead atoms. The summed E-state index contributed by atoms with van der Waals surface area (Å²) in [6, 6.07) is 4.44. The molecule has 2 heterocycles. The minimum atomic E-state index is -4.78. The number of hydrogen-bond donors (Lipinski definition) is 1. The van der Waals surface area contributed by atoms with Crippen molar-refractivity contribution in [2.24, 2.45) is 5.92 Å². The van der Waals surface area contributed by atoms with Crippen molar-refractivity contribution < 1.29 is 32.2 Å². The van der Waals surface area contributed by atoms with Crippen LogP contribution in [0, 0.1) is 11.7 Å². The minimum Gasteiger partial charge on any atom is -0.497 e. The summed E-state index contributed by atoms with van der Waals surface area (Å²) in [6.45, 7) is -1.04. The third-order valence-corrected chi connectivity index (χ3v) is 5.18. The SMILES string of the molecule is COc1ccc(-n2cncc2C2CCN(C(=O)[C@@H](CO)C(F)(F)F)CC2)c(F)c1. The smallest absolute Gasteiger partial charge is 0.402 e. The lowest BCUT2D eigenvalue weighted by Gasteiger charge is -2.34. The number of carbonyl (C=O) groups is 1. The number of aliphatic hydroxyl groups excluding tert-OH is 1. The Kier molecular flexibility index (Phi) is 6.11. The second-order valence-corrected chi connectivity index (χ2v) is 6.88. The van der Waals surface area contributed by atoms with E-state index >= 15 is 0 Å². The van der Waals surface area contributed by atoms with Gasteiger partial charge in [0.2, 0.25) is 5.91 Å². The van der Waals surface area contributed by atoms with Crippen LogP contribution in [-0.2, 0) is 4.79 Å². The van der Waals surface area contributed by atoms with Gasteiger partial charge in [-0.15, -0.1) is 0 Å². The number of benzene rings is 1. The molecule has 0 aliphatic carbocycles. The van der Waals surface area contributed by atoms with E-state index in [-0.39, 0.29) is 24.7 Å². The first kappa shape index (κ1) is 21.1. The topological polar surface area (TPSA) is 67.6 Å². The van der Waals surface area contributed by atoms with E-state index in [9.17, 15) is 22.4 Å². The van der Waals surface area contributed by atoms with Crippen molar-refractivity contribution in [3.05, 3.63) is 42.2 Å². The van der Waals surface area contributed by atoms with Gasteiger partial charge < -0.3 is 19.3 Å². The standard InChI is InChI=1S/C19H21F4N3O3/c1-29-13-2-3-16(15(20)8-13)26-11-24-9-17(26)12-4-6-25(7-5-12)18(28)14(10-27)19(21,22)23/h2-3,8-9,11-12,14,27H,4-7,10H2,1H3/t14-/m1/s1. The molecular weight excluding hydrogens is 394 g/mol. The van der Waals surface area contributed by atoms with Gasteiger partial charge in [-0.1, -0.05) is 0 Å². The highest BCUT2D eigenvalue weighted by atomic mass is 19.4. The summed E-state index contributed by atoms with van der Waals surface area (Å²) in [5.74, 6) is -3.73. The van der Waals surface area contributed by atoms with E-state index in [1.807, 2.05) is 0 Å². The van der Waals surface area contributed by atoms with E-state index in [0.29, 0.717) is 18.6 Å². The predicted octanol–water partition coefficient (Wildman–Crippen LogP) is 2.90. The van der Waals surface area contributed by atoms with Gasteiger partial charge in [0.05, 0.1) is 25.7 Å². The summed E-state index contributed by atoms with van der Waals surface area (Å²) in [5, 5.41) is 8.97. The number of halogens is 4. The van der Waals surface area contributed by atoms with Crippen molar-refractivity contribution in [2.45, 2.75) is 24.9 Å². The zero-order chi connectivity index (χ0) is 21.2. The van der Waals surface area contributed by atoms with Crippen LogP contribution < -0.4 is 4.74 Å². The second-order valence-electron chi connectivity index (χ2n) is 6.88. The number of ether oxygens (including phenoxy) is 1. The van der Waals surface area contributed by atoms with Gasteiger partial charge in [0, 0.05) is 37.0 Å². The molecule has 6 nitrogen and oxygen atoms in total. The molecule has 1 fully saturated rings. The maximum absolute atomic E-state index is 14.4. The van der Waals surface area contributed by atoms with Crippen molar-refractivity contribution in [3.8, 4) is 11.4 Å². The van der Waals surface area contributed by atoms with Crippen molar-refractivity contribution in [1.82, 2.24) is 14.5 Å². The van der Waals surface area contributed by atoms with Gasteiger partial charge in [-0.25, -0.2) is 9.37 Å². The quantitative estimate of drug-likeness (QED) is 0.763. The molecule has 0 unspecified atom stereocenters. The van der Waals surface area contributed by atoms with Gasteiger partial charge in [0.25, 0.3) is 0 Å². The fraction of sp³-hybridized carbons (Fsp3) is 0.474. The highest BCUT2D eigenvalue weighted by molar-refractivity contribution is 5.79. The Morgan fingerprint density at radius 3 is 2.59 bits per heavy atom. The number of aromatic nitrogens is 2. The maximum Gasteiger partial charge on any atom is 0.402 e. The van der Waals surface area contributed by atoms with E-state index in [1.54, 1.807) is 22.9 Å². The van der Waals surface area contributed by atoms with Gasteiger partial charge in [-0.05, 0) is 25.0 Å².